The van der Waals surface area contributed by atoms with Crippen molar-refractivity contribution in [1.82, 2.24) is 4.98 Å². The Kier molecular flexibility index (Phi) is 4.24. The number of hydrogen-bond acceptors (Lipinski definition) is 1. The summed E-state index contributed by atoms with van der Waals surface area (Å²) >= 11 is 11.0. The molecule has 9 heavy (non-hydrogen) atoms. The van der Waals surface area contributed by atoms with E-state index in [0.717, 1.165) is 0 Å². The van der Waals surface area contributed by atoms with Crippen LogP contribution in [0.5, 0.6) is 0 Å². The van der Waals surface area contributed by atoms with Crippen LogP contribution in [0.4, 0.5) is 0 Å². The Morgan fingerprint density at radius 2 is 2.00 bits per heavy atom. The second-order valence-electron chi connectivity index (χ2n) is 1.28. The van der Waals surface area contributed by atoms with Crippen molar-refractivity contribution in [3.63, 3.8) is 0 Å². The van der Waals surface area contributed by atoms with E-state index in [-0.39, 0.29) is 17.1 Å². The molecule has 1 rings (SSSR count). The van der Waals surface area contributed by atoms with E-state index in [1.807, 2.05) is 0 Å². The molecule has 0 saturated carbocycles. The topological polar surface area (TPSA) is 12.9 Å². The third-order valence-corrected chi connectivity index (χ3v) is 1.42. The molecule has 0 aromatic carbocycles. The van der Waals surface area contributed by atoms with Crippen molar-refractivity contribution in [3.05, 3.63) is 28.5 Å². The predicted octanol–water partition coefficient (Wildman–Crippen LogP) is 2.39. The van der Waals surface area contributed by atoms with Crippen molar-refractivity contribution in [2.45, 2.75) is 0 Å². The third kappa shape index (κ3) is 2.55. The molecule has 0 N–H and O–H groups in total. The van der Waals surface area contributed by atoms with Gasteiger partial charge in [-0.15, -0.1) is 0 Å². The van der Waals surface area contributed by atoms with Crippen molar-refractivity contribution >= 4 is 23.2 Å². The Balaban J connectivity index is 0.000000640. The van der Waals surface area contributed by atoms with E-state index < -0.39 is 0 Å². The fourth-order valence-corrected chi connectivity index (χ4v) is 0.607. The van der Waals surface area contributed by atoms with Crippen LogP contribution < -0.4 is 0 Å². The van der Waals surface area contributed by atoms with Crippen molar-refractivity contribution in [1.29, 1.82) is 0 Å². The van der Waals surface area contributed by atoms with Crippen LogP contribution in [0.25, 0.3) is 0 Å². The first-order chi connectivity index (χ1) is 3.80. The van der Waals surface area contributed by atoms with Crippen LogP contribution in [0, 0.1) is 0 Å². The molecule has 0 saturated heterocycles. The molecule has 1 radical (unpaired) electrons. The maximum Gasteiger partial charge on any atom is 0.147 e. The molecular weight excluding hydrogens is 209 g/mol. The molecule has 1 heterocycles. The van der Waals surface area contributed by atoms with Crippen LogP contribution >= 0.6 is 23.2 Å². The second-order valence-corrected chi connectivity index (χ2v) is 2.04. The summed E-state index contributed by atoms with van der Waals surface area (Å²) in [5.74, 6) is 0. The molecule has 0 aliphatic rings. The summed E-state index contributed by atoms with van der Waals surface area (Å²) in [6.45, 7) is 0. The summed E-state index contributed by atoms with van der Waals surface area (Å²) in [5, 5.41) is 0.850. The van der Waals surface area contributed by atoms with Crippen molar-refractivity contribution in [2.24, 2.45) is 0 Å². The van der Waals surface area contributed by atoms with Gasteiger partial charge >= 0.3 is 0 Å². The minimum Gasteiger partial charge on any atom is -0.243 e. The normalized spacial score (nSPS) is 8.22. The Hall–Kier alpha value is 0.249. The molecule has 0 fully saturated rings. The number of pyridine rings is 1. The maximum absolute atomic E-state index is 5.51. The first kappa shape index (κ1) is 9.25. The first-order valence-corrected chi connectivity index (χ1v) is 2.82. The monoisotopic (exact) mass is 210 g/mol. The summed E-state index contributed by atoms with van der Waals surface area (Å²) < 4.78 is 0. The van der Waals surface area contributed by atoms with E-state index in [1.54, 1.807) is 18.3 Å². The maximum atomic E-state index is 5.51. The summed E-state index contributed by atoms with van der Waals surface area (Å²) in [5.41, 5.74) is 0. The van der Waals surface area contributed by atoms with Gasteiger partial charge in [0.05, 0.1) is 5.02 Å². The van der Waals surface area contributed by atoms with Gasteiger partial charge in [0.1, 0.15) is 5.15 Å². The molecule has 1 aromatic rings. The average molecular weight is 212 g/mol. The van der Waals surface area contributed by atoms with Gasteiger partial charge in [0.15, 0.2) is 0 Å². The molecule has 0 amide bonds. The Morgan fingerprint density at radius 1 is 1.33 bits per heavy atom. The van der Waals surface area contributed by atoms with Crippen LogP contribution in [0.1, 0.15) is 0 Å². The molecule has 0 aliphatic carbocycles. The molecule has 1 aromatic heterocycles. The summed E-state index contributed by atoms with van der Waals surface area (Å²) in [6.07, 6.45) is 1.59. The fourth-order valence-electron chi connectivity index (χ4n) is 0.366. The Bertz CT molecular complexity index is 171. The van der Waals surface area contributed by atoms with E-state index >= 15 is 0 Å². The molecule has 0 bridgehead atoms. The average Bonchev–Trinajstić information content (AvgIpc) is 1.77. The summed E-state index contributed by atoms with van der Waals surface area (Å²) in [7, 11) is 0. The van der Waals surface area contributed by atoms with E-state index in [0.29, 0.717) is 10.2 Å². The molecule has 1 nitrogen and oxygen atoms in total. The molecule has 0 unspecified atom stereocenters. The number of halogens is 2. The van der Waals surface area contributed by atoms with Crippen LogP contribution in [-0.2, 0) is 17.1 Å². The Morgan fingerprint density at radius 3 is 2.33 bits per heavy atom. The van der Waals surface area contributed by atoms with Crippen LogP contribution in [-0.4, -0.2) is 4.98 Å². The zero-order chi connectivity index (χ0) is 5.98. The molecule has 53 valence electrons. The minimum absolute atomic E-state index is 0. The molecule has 4 heteroatoms. The third-order valence-electron chi connectivity index (χ3n) is 0.714. The minimum atomic E-state index is 0. The standard InChI is InChI=1S/C5H3Cl2N.Cu/c6-4-2-1-3-8-5(4)7;/h1-3H;. The van der Waals surface area contributed by atoms with Gasteiger partial charge in [0.25, 0.3) is 0 Å². The van der Waals surface area contributed by atoms with Gasteiger partial charge in [-0.3, -0.25) is 0 Å². The summed E-state index contributed by atoms with van der Waals surface area (Å²) in [4.78, 5) is 3.71. The fraction of sp³-hybridized carbons (Fsp3) is 0. The van der Waals surface area contributed by atoms with Gasteiger partial charge in [-0.2, -0.15) is 0 Å². The van der Waals surface area contributed by atoms with Gasteiger partial charge in [0, 0.05) is 23.3 Å². The number of nitrogens with zero attached hydrogens (tertiary/aromatic N) is 1. The first-order valence-electron chi connectivity index (χ1n) is 2.07. The number of aromatic nitrogens is 1. The van der Waals surface area contributed by atoms with Crippen LogP contribution in [0.15, 0.2) is 18.3 Å². The zero-order valence-corrected chi connectivity index (χ0v) is 6.69. The molecule has 0 spiro atoms. The Labute approximate surface area is 73.9 Å². The van der Waals surface area contributed by atoms with E-state index in [1.165, 1.54) is 0 Å². The van der Waals surface area contributed by atoms with E-state index in [4.69, 9.17) is 23.2 Å². The van der Waals surface area contributed by atoms with Crippen molar-refractivity contribution < 1.29 is 17.1 Å². The quantitative estimate of drug-likeness (QED) is 0.474. The van der Waals surface area contributed by atoms with Gasteiger partial charge in [-0.1, -0.05) is 23.2 Å². The molecule has 0 aliphatic heterocycles. The number of rotatable bonds is 0. The summed E-state index contributed by atoms with van der Waals surface area (Å²) in [6, 6.07) is 3.42. The van der Waals surface area contributed by atoms with Crippen molar-refractivity contribution in [3.8, 4) is 0 Å². The molecular formula is C5H3Cl2CuN. The van der Waals surface area contributed by atoms with Crippen LogP contribution in [0.3, 0.4) is 0 Å². The van der Waals surface area contributed by atoms with Crippen LogP contribution in [0.2, 0.25) is 10.2 Å². The van der Waals surface area contributed by atoms with Gasteiger partial charge < -0.3 is 0 Å². The predicted molar refractivity (Wildman–Crippen MR) is 34.3 cm³/mol. The molecule has 0 atom stereocenters. The SMILES string of the molecule is Clc1cccnc1Cl.[Cu]. The van der Waals surface area contributed by atoms with Gasteiger partial charge in [-0.25, -0.2) is 4.98 Å². The zero-order valence-electron chi connectivity index (χ0n) is 4.24. The smallest absolute Gasteiger partial charge is 0.147 e. The van der Waals surface area contributed by atoms with E-state index in [9.17, 15) is 0 Å². The van der Waals surface area contributed by atoms with Gasteiger partial charge in [0.2, 0.25) is 0 Å². The largest absolute Gasteiger partial charge is 0.243 e. The number of hydrogen-bond donors (Lipinski definition) is 0. The van der Waals surface area contributed by atoms with E-state index in [2.05, 4.69) is 4.98 Å². The second kappa shape index (κ2) is 4.13. The van der Waals surface area contributed by atoms with Crippen molar-refractivity contribution in [2.75, 3.05) is 0 Å². The van der Waals surface area contributed by atoms with Gasteiger partial charge in [-0.05, 0) is 12.1 Å².